The molecule has 3 rings (SSSR count). The molecule has 1 aliphatic heterocycles. The van der Waals surface area contributed by atoms with Gasteiger partial charge < -0.3 is 15.0 Å². The Kier molecular flexibility index (Phi) is 4.65. The minimum Gasteiger partial charge on any atom is -0.496 e. The molecule has 1 aromatic carbocycles. The fourth-order valence-electron chi connectivity index (χ4n) is 3.50. The number of likely N-dealkylation sites (N-methyl/N-ethyl adjacent to an activating group) is 2. The van der Waals surface area contributed by atoms with E-state index in [9.17, 15) is 14.4 Å². The van der Waals surface area contributed by atoms with Gasteiger partial charge >= 0.3 is 6.03 Å². The Balaban J connectivity index is 1.63. The number of ether oxygens (including phenoxy) is 1. The van der Waals surface area contributed by atoms with Crippen molar-refractivity contribution in [3.05, 3.63) is 28.8 Å². The van der Waals surface area contributed by atoms with Gasteiger partial charge in [-0.1, -0.05) is 6.07 Å². The van der Waals surface area contributed by atoms with Gasteiger partial charge in [0.05, 0.1) is 13.5 Å². The van der Waals surface area contributed by atoms with E-state index in [4.69, 9.17) is 4.74 Å². The molecule has 7 nitrogen and oxygen atoms in total. The topological polar surface area (TPSA) is 79.0 Å². The van der Waals surface area contributed by atoms with Crippen LogP contribution in [0.5, 0.6) is 5.75 Å². The SMILES string of the molecule is COc1cc2c(cc1CNC(=O)C[C@@H]1C(=O)N(C)C(=O)N1C)CCC2. The Morgan fingerprint density at radius 2 is 1.92 bits per heavy atom. The highest BCUT2D eigenvalue weighted by molar-refractivity contribution is 6.05. The molecular weight excluding hydrogens is 322 g/mol. The van der Waals surface area contributed by atoms with Crippen molar-refractivity contribution in [1.82, 2.24) is 15.1 Å². The molecule has 1 heterocycles. The van der Waals surface area contributed by atoms with Crippen LogP contribution in [-0.2, 0) is 29.0 Å². The van der Waals surface area contributed by atoms with Crippen LogP contribution in [-0.4, -0.2) is 54.9 Å². The molecule has 0 radical (unpaired) electrons. The molecule has 0 spiro atoms. The Morgan fingerprint density at radius 1 is 1.24 bits per heavy atom. The van der Waals surface area contributed by atoms with Crippen molar-refractivity contribution in [1.29, 1.82) is 0 Å². The maximum Gasteiger partial charge on any atom is 0.326 e. The first-order chi connectivity index (χ1) is 11.9. The zero-order valence-electron chi connectivity index (χ0n) is 14.8. The van der Waals surface area contributed by atoms with E-state index in [-0.39, 0.29) is 24.3 Å². The molecule has 1 saturated heterocycles. The third-order valence-electron chi connectivity index (χ3n) is 5.02. The zero-order valence-corrected chi connectivity index (χ0v) is 14.8. The second-order valence-electron chi connectivity index (χ2n) is 6.57. The number of nitrogens with zero attached hydrogens (tertiary/aromatic N) is 2. The van der Waals surface area contributed by atoms with Crippen LogP contribution in [0, 0.1) is 0 Å². The summed E-state index contributed by atoms with van der Waals surface area (Å²) >= 11 is 0. The van der Waals surface area contributed by atoms with Crippen LogP contribution in [0.1, 0.15) is 29.5 Å². The van der Waals surface area contributed by atoms with Gasteiger partial charge in [0.25, 0.3) is 5.91 Å². The Morgan fingerprint density at radius 3 is 2.52 bits per heavy atom. The van der Waals surface area contributed by atoms with Gasteiger partial charge in [-0.3, -0.25) is 14.5 Å². The van der Waals surface area contributed by atoms with Gasteiger partial charge in [-0.05, 0) is 36.5 Å². The van der Waals surface area contributed by atoms with Gasteiger partial charge in [-0.15, -0.1) is 0 Å². The van der Waals surface area contributed by atoms with Gasteiger partial charge in [0, 0.05) is 26.2 Å². The average molecular weight is 345 g/mol. The molecule has 1 aromatic rings. The number of benzene rings is 1. The van der Waals surface area contributed by atoms with Crippen LogP contribution >= 0.6 is 0 Å². The molecule has 25 heavy (non-hydrogen) atoms. The van der Waals surface area contributed by atoms with E-state index in [0.29, 0.717) is 6.54 Å². The molecule has 0 bridgehead atoms. The summed E-state index contributed by atoms with van der Waals surface area (Å²) in [5, 5.41) is 2.83. The summed E-state index contributed by atoms with van der Waals surface area (Å²) < 4.78 is 5.43. The summed E-state index contributed by atoms with van der Waals surface area (Å²) in [6, 6.07) is 3.01. The summed E-state index contributed by atoms with van der Waals surface area (Å²) in [6.07, 6.45) is 3.22. The summed E-state index contributed by atoms with van der Waals surface area (Å²) in [4.78, 5) is 38.4. The van der Waals surface area contributed by atoms with Crippen molar-refractivity contribution in [2.45, 2.75) is 38.3 Å². The summed E-state index contributed by atoms with van der Waals surface area (Å²) in [6.45, 7) is 0.337. The number of imide groups is 1. The smallest absolute Gasteiger partial charge is 0.326 e. The number of amides is 4. The van der Waals surface area contributed by atoms with Crippen molar-refractivity contribution in [2.24, 2.45) is 0 Å². The molecule has 2 aliphatic rings. The first-order valence-corrected chi connectivity index (χ1v) is 8.42. The summed E-state index contributed by atoms with van der Waals surface area (Å²) in [5.41, 5.74) is 3.55. The van der Waals surface area contributed by atoms with Gasteiger partial charge in [0.2, 0.25) is 5.91 Å². The van der Waals surface area contributed by atoms with E-state index in [1.54, 1.807) is 7.11 Å². The third kappa shape index (κ3) is 3.18. The van der Waals surface area contributed by atoms with Crippen LogP contribution in [0.2, 0.25) is 0 Å². The lowest BCUT2D eigenvalue weighted by Crippen LogP contribution is -2.37. The Hall–Kier alpha value is -2.57. The van der Waals surface area contributed by atoms with Gasteiger partial charge in [0.15, 0.2) is 0 Å². The fraction of sp³-hybridized carbons (Fsp3) is 0.500. The van der Waals surface area contributed by atoms with Gasteiger partial charge in [-0.2, -0.15) is 0 Å². The highest BCUT2D eigenvalue weighted by Gasteiger charge is 2.41. The number of methoxy groups -OCH3 is 1. The fourth-order valence-corrected chi connectivity index (χ4v) is 3.50. The molecule has 0 saturated carbocycles. The predicted octanol–water partition coefficient (Wildman–Crippen LogP) is 1.08. The standard InChI is InChI=1S/C18H23N3O4/c1-20-14(17(23)21(2)18(20)24)9-16(22)19-10-13-7-11-5-4-6-12(11)8-15(13)25-3/h7-8,14H,4-6,9-10H2,1-3H3,(H,19,22)/t14-/m1/s1. The number of hydrogen-bond donors (Lipinski definition) is 1. The number of hydrogen-bond acceptors (Lipinski definition) is 4. The first-order valence-electron chi connectivity index (χ1n) is 8.42. The molecule has 0 aromatic heterocycles. The molecule has 7 heteroatoms. The molecule has 1 aliphatic carbocycles. The van der Waals surface area contributed by atoms with Crippen molar-refractivity contribution >= 4 is 17.8 Å². The van der Waals surface area contributed by atoms with Crippen LogP contribution in [0.15, 0.2) is 12.1 Å². The maximum absolute atomic E-state index is 12.2. The van der Waals surface area contributed by atoms with E-state index in [2.05, 4.69) is 11.4 Å². The minimum absolute atomic E-state index is 0.0430. The van der Waals surface area contributed by atoms with Crippen LogP contribution in [0.25, 0.3) is 0 Å². The first kappa shape index (κ1) is 17.3. The van der Waals surface area contributed by atoms with E-state index < -0.39 is 6.04 Å². The van der Waals surface area contributed by atoms with Gasteiger partial charge in [-0.25, -0.2) is 4.79 Å². The van der Waals surface area contributed by atoms with Crippen LogP contribution in [0.3, 0.4) is 0 Å². The maximum atomic E-state index is 12.2. The normalized spacial score (nSPS) is 19.4. The number of nitrogens with one attached hydrogen (secondary N) is 1. The molecule has 0 unspecified atom stereocenters. The van der Waals surface area contributed by atoms with E-state index in [1.807, 2.05) is 6.07 Å². The number of aryl methyl sites for hydroxylation is 2. The average Bonchev–Trinajstić information content (AvgIpc) is 3.13. The number of carbonyl (C=O) groups is 3. The number of carbonyl (C=O) groups excluding carboxylic acids is 3. The van der Waals surface area contributed by atoms with E-state index >= 15 is 0 Å². The van der Waals surface area contributed by atoms with Crippen LogP contribution < -0.4 is 10.1 Å². The number of fused-ring (bicyclic) bond motifs is 1. The molecule has 1 N–H and O–H groups in total. The van der Waals surface area contributed by atoms with E-state index in [1.165, 1.54) is 30.1 Å². The Bertz CT molecular complexity index is 731. The van der Waals surface area contributed by atoms with Crippen molar-refractivity contribution in [3.8, 4) is 5.75 Å². The molecule has 134 valence electrons. The lowest BCUT2D eigenvalue weighted by molar-refractivity contribution is -0.131. The Labute approximate surface area is 146 Å². The molecule has 4 amide bonds. The van der Waals surface area contributed by atoms with E-state index in [0.717, 1.165) is 35.5 Å². The second-order valence-corrected chi connectivity index (χ2v) is 6.57. The second kappa shape index (κ2) is 6.74. The van der Waals surface area contributed by atoms with Crippen molar-refractivity contribution in [3.63, 3.8) is 0 Å². The minimum atomic E-state index is -0.737. The predicted molar refractivity (Wildman–Crippen MR) is 91.2 cm³/mol. The number of rotatable bonds is 5. The zero-order chi connectivity index (χ0) is 18.1. The quantitative estimate of drug-likeness (QED) is 0.810. The summed E-state index contributed by atoms with van der Waals surface area (Å²) in [5.74, 6) is 0.151. The molecular formula is C18H23N3O4. The third-order valence-corrected chi connectivity index (χ3v) is 5.02. The highest BCUT2D eigenvalue weighted by atomic mass is 16.5. The monoisotopic (exact) mass is 345 g/mol. The van der Waals surface area contributed by atoms with Crippen LogP contribution in [0.4, 0.5) is 4.79 Å². The summed E-state index contributed by atoms with van der Waals surface area (Å²) in [7, 11) is 4.58. The largest absolute Gasteiger partial charge is 0.496 e. The lowest BCUT2D eigenvalue weighted by atomic mass is 10.0. The van der Waals surface area contributed by atoms with Crippen molar-refractivity contribution < 1.29 is 19.1 Å². The van der Waals surface area contributed by atoms with Gasteiger partial charge in [0.1, 0.15) is 11.8 Å². The van der Waals surface area contributed by atoms with Crippen molar-refractivity contribution in [2.75, 3.05) is 21.2 Å². The lowest BCUT2D eigenvalue weighted by Gasteiger charge is -2.16. The number of urea groups is 1. The molecule has 1 atom stereocenters. The highest BCUT2D eigenvalue weighted by Crippen LogP contribution is 2.29. The molecule has 1 fully saturated rings.